The Bertz CT molecular complexity index is 350. The normalized spacial score (nSPS) is 10.4. The minimum atomic E-state index is -1.04. The van der Waals surface area contributed by atoms with Crippen LogP contribution in [0.25, 0.3) is 20.9 Å². The highest BCUT2D eigenvalue weighted by atomic mass is 16.5. The molecule has 1 N–H and O–H groups in total. The molecule has 0 aromatic rings. The zero-order valence-electron chi connectivity index (χ0n) is 9.11. The van der Waals surface area contributed by atoms with Crippen molar-refractivity contribution in [2.24, 2.45) is 10.2 Å². The lowest BCUT2D eigenvalue weighted by molar-refractivity contribution is -0.154. The van der Waals surface area contributed by atoms with Crippen LogP contribution in [0.15, 0.2) is 10.2 Å². The maximum atomic E-state index is 11.2. The zero-order valence-corrected chi connectivity index (χ0v) is 9.11. The van der Waals surface area contributed by atoms with Gasteiger partial charge in [0, 0.05) is 29.0 Å². The van der Waals surface area contributed by atoms with Crippen molar-refractivity contribution in [2.45, 2.75) is 13.0 Å². The third kappa shape index (κ3) is 6.61. The molecule has 10 heteroatoms. The molecule has 1 amide bonds. The fourth-order valence-corrected chi connectivity index (χ4v) is 0.860. The predicted molar refractivity (Wildman–Crippen MR) is 56.6 cm³/mol. The van der Waals surface area contributed by atoms with Crippen LogP contribution in [0.2, 0.25) is 0 Å². The fourth-order valence-electron chi connectivity index (χ4n) is 0.860. The Hall–Kier alpha value is -2.44. The SMILES string of the molecule is CCOC(=O)C(=O)NC(CN=[N+]=[N-])CN=[N+]=[N-]. The summed E-state index contributed by atoms with van der Waals surface area (Å²) < 4.78 is 4.46. The van der Waals surface area contributed by atoms with E-state index in [0.717, 1.165) is 0 Å². The van der Waals surface area contributed by atoms with Crippen LogP contribution in [0.5, 0.6) is 0 Å². The largest absolute Gasteiger partial charge is 0.459 e. The van der Waals surface area contributed by atoms with Gasteiger partial charge in [0.2, 0.25) is 0 Å². The number of esters is 1. The van der Waals surface area contributed by atoms with Crippen LogP contribution in [0.3, 0.4) is 0 Å². The van der Waals surface area contributed by atoms with E-state index >= 15 is 0 Å². The van der Waals surface area contributed by atoms with E-state index < -0.39 is 17.9 Å². The molecule has 92 valence electrons. The van der Waals surface area contributed by atoms with Crippen molar-refractivity contribution in [3.63, 3.8) is 0 Å². The third-order valence-electron chi connectivity index (χ3n) is 1.53. The molecular weight excluding hydrogens is 230 g/mol. The lowest BCUT2D eigenvalue weighted by atomic mass is 10.3. The molecule has 0 unspecified atom stereocenters. The van der Waals surface area contributed by atoms with E-state index in [1.165, 1.54) is 0 Å². The van der Waals surface area contributed by atoms with Crippen molar-refractivity contribution in [1.82, 2.24) is 5.32 Å². The Morgan fingerprint density at radius 1 is 1.29 bits per heavy atom. The van der Waals surface area contributed by atoms with Crippen molar-refractivity contribution >= 4 is 11.9 Å². The summed E-state index contributed by atoms with van der Waals surface area (Å²) in [6, 6.07) is -0.737. The number of azide groups is 2. The van der Waals surface area contributed by atoms with Crippen LogP contribution in [-0.4, -0.2) is 37.6 Å². The molecule has 0 atom stereocenters. The summed E-state index contributed by atoms with van der Waals surface area (Å²) in [6.07, 6.45) is 0. The molecule has 0 radical (unpaired) electrons. The van der Waals surface area contributed by atoms with E-state index in [1.807, 2.05) is 0 Å². The molecule has 0 aliphatic carbocycles. The average molecular weight is 241 g/mol. The van der Waals surface area contributed by atoms with E-state index in [9.17, 15) is 9.59 Å². The number of nitrogens with zero attached hydrogens (tertiary/aromatic N) is 6. The van der Waals surface area contributed by atoms with Gasteiger partial charge in [-0.15, -0.1) is 0 Å². The molecule has 0 rings (SSSR count). The van der Waals surface area contributed by atoms with E-state index in [1.54, 1.807) is 6.92 Å². The fraction of sp³-hybridized carbons (Fsp3) is 0.714. The van der Waals surface area contributed by atoms with Crippen LogP contribution in [0.4, 0.5) is 0 Å². The molecule has 0 saturated heterocycles. The van der Waals surface area contributed by atoms with Crippen LogP contribution < -0.4 is 5.32 Å². The molecule has 17 heavy (non-hydrogen) atoms. The van der Waals surface area contributed by atoms with Gasteiger partial charge in [0.25, 0.3) is 0 Å². The summed E-state index contributed by atoms with van der Waals surface area (Å²) in [7, 11) is 0. The molecule has 0 aromatic carbocycles. The lowest BCUT2D eigenvalue weighted by Gasteiger charge is -2.12. The van der Waals surface area contributed by atoms with Gasteiger partial charge in [-0.1, -0.05) is 10.2 Å². The van der Waals surface area contributed by atoms with E-state index in [2.05, 4.69) is 30.1 Å². The number of ether oxygens (including phenoxy) is 1. The summed E-state index contributed by atoms with van der Waals surface area (Å²) >= 11 is 0. The third-order valence-corrected chi connectivity index (χ3v) is 1.53. The highest BCUT2D eigenvalue weighted by molar-refractivity contribution is 6.32. The first kappa shape index (κ1) is 14.6. The van der Waals surface area contributed by atoms with Gasteiger partial charge in [0.15, 0.2) is 0 Å². The molecule has 0 spiro atoms. The number of nitrogens with one attached hydrogen (secondary N) is 1. The Labute approximate surface area is 96.2 Å². The second-order valence-corrected chi connectivity index (χ2v) is 2.72. The summed E-state index contributed by atoms with van der Waals surface area (Å²) in [4.78, 5) is 27.2. The van der Waals surface area contributed by atoms with Crippen molar-refractivity contribution in [3.05, 3.63) is 20.9 Å². The van der Waals surface area contributed by atoms with Crippen molar-refractivity contribution in [3.8, 4) is 0 Å². The standard InChI is InChI=1S/C7H11N7O3/c1-2-17-7(16)6(15)12-5(3-10-13-8)4-11-14-9/h5H,2-4H2,1H3,(H,12,15). The Morgan fingerprint density at radius 3 is 2.24 bits per heavy atom. The van der Waals surface area contributed by atoms with Crippen molar-refractivity contribution < 1.29 is 14.3 Å². The zero-order chi connectivity index (χ0) is 13.1. The summed E-state index contributed by atoms with van der Waals surface area (Å²) in [5.74, 6) is -2.02. The van der Waals surface area contributed by atoms with Gasteiger partial charge in [-0.2, -0.15) is 0 Å². The molecule has 10 nitrogen and oxygen atoms in total. The minimum absolute atomic E-state index is 0.0730. The predicted octanol–water partition coefficient (Wildman–Crippen LogP) is 0.655. The van der Waals surface area contributed by atoms with Gasteiger partial charge in [-0.25, -0.2) is 4.79 Å². The van der Waals surface area contributed by atoms with Gasteiger partial charge in [0.1, 0.15) is 0 Å². The Kier molecular flexibility index (Phi) is 7.57. The van der Waals surface area contributed by atoms with Crippen LogP contribution in [0.1, 0.15) is 6.92 Å². The summed E-state index contributed by atoms with van der Waals surface area (Å²) in [5.41, 5.74) is 16.2. The number of hydrogen-bond acceptors (Lipinski definition) is 5. The first-order valence-electron chi connectivity index (χ1n) is 4.65. The first-order valence-corrected chi connectivity index (χ1v) is 4.65. The summed E-state index contributed by atoms with van der Waals surface area (Å²) in [5, 5.41) is 8.66. The molecule has 0 heterocycles. The van der Waals surface area contributed by atoms with Crippen molar-refractivity contribution in [2.75, 3.05) is 19.7 Å². The van der Waals surface area contributed by atoms with Crippen molar-refractivity contribution in [1.29, 1.82) is 0 Å². The van der Waals surface area contributed by atoms with Gasteiger partial charge in [-0.05, 0) is 18.0 Å². The molecule has 0 aliphatic heterocycles. The lowest BCUT2D eigenvalue weighted by Crippen LogP contribution is -2.43. The Balaban J connectivity index is 4.39. The second kappa shape index (κ2) is 8.84. The van der Waals surface area contributed by atoms with Gasteiger partial charge in [0.05, 0.1) is 6.61 Å². The van der Waals surface area contributed by atoms with Crippen LogP contribution >= 0.6 is 0 Å². The number of amides is 1. The van der Waals surface area contributed by atoms with Gasteiger partial charge >= 0.3 is 11.9 Å². The van der Waals surface area contributed by atoms with E-state index in [4.69, 9.17) is 11.1 Å². The van der Waals surface area contributed by atoms with Crippen LogP contribution in [0, 0.1) is 0 Å². The smallest absolute Gasteiger partial charge is 0.396 e. The number of carbonyl (C=O) groups excluding carboxylic acids is 2. The molecule has 0 saturated carbocycles. The topological polar surface area (TPSA) is 153 Å². The molecular formula is C7H11N7O3. The van der Waals surface area contributed by atoms with Crippen LogP contribution in [-0.2, 0) is 14.3 Å². The highest BCUT2D eigenvalue weighted by Gasteiger charge is 2.18. The maximum Gasteiger partial charge on any atom is 0.396 e. The van der Waals surface area contributed by atoms with Gasteiger partial charge < -0.3 is 10.1 Å². The van der Waals surface area contributed by atoms with Gasteiger partial charge in [-0.3, -0.25) is 4.79 Å². The minimum Gasteiger partial charge on any atom is -0.459 e. The van der Waals surface area contributed by atoms with E-state index in [-0.39, 0.29) is 19.7 Å². The molecule has 0 bridgehead atoms. The summed E-state index contributed by atoms with van der Waals surface area (Å²) in [6.45, 7) is 1.38. The quantitative estimate of drug-likeness (QED) is 0.239. The van der Waals surface area contributed by atoms with E-state index in [0.29, 0.717) is 0 Å². The molecule has 0 fully saturated rings. The number of hydrogen-bond donors (Lipinski definition) is 1. The maximum absolute atomic E-state index is 11.2. The molecule has 0 aliphatic rings. The number of rotatable bonds is 6. The second-order valence-electron chi connectivity index (χ2n) is 2.72. The highest BCUT2D eigenvalue weighted by Crippen LogP contribution is 1.90. The average Bonchev–Trinajstić information content (AvgIpc) is 2.32. The molecule has 0 aromatic heterocycles. The Morgan fingerprint density at radius 2 is 1.82 bits per heavy atom. The number of carbonyl (C=O) groups is 2. The monoisotopic (exact) mass is 241 g/mol. The first-order chi connectivity index (χ1) is 8.15.